The smallest absolute Gasteiger partial charge is 0.188 e. The molecule has 106 valence electrons. The second-order valence-corrected chi connectivity index (χ2v) is 4.68. The van der Waals surface area contributed by atoms with Crippen molar-refractivity contribution in [3.05, 3.63) is 54.1 Å². The molecule has 5 heteroatoms. The lowest BCUT2D eigenvalue weighted by molar-refractivity contribution is 0.794. The van der Waals surface area contributed by atoms with Gasteiger partial charge in [-0.25, -0.2) is 9.98 Å². The summed E-state index contributed by atoms with van der Waals surface area (Å²) >= 11 is 0. The van der Waals surface area contributed by atoms with E-state index in [9.17, 15) is 0 Å². The van der Waals surface area contributed by atoms with E-state index in [-0.39, 0.29) is 0 Å². The number of hydrogen-bond acceptors (Lipinski definition) is 2. The van der Waals surface area contributed by atoms with Gasteiger partial charge in [0.05, 0.1) is 12.9 Å². The monoisotopic (exact) mass is 271 g/mol. The van der Waals surface area contributed by atoms with Gasteiger partial charge < -0.3 is 15.6 Å². The Hall–Kier alpha value is -2.30. The van der Waals surface area contributed by atoms with Crippen LogP contribution in [0.2, 0.25) is 0 Å². The first-order valence-electron chi connectivity index (χ1n) is 6.85. The lowest BCUT2D eigenvalue weighted by Crippen LogP contribution is -2.32. The SMILES string of the molecule is CCCNC(N)=NCc1cccc(Cn2ccnc2)c1. The Morgan fingerprint density at radius 3 is 3.00 bits per heavy atom. The molecule has 0 aliphatic rings. The van der Waals surface area contributed by atoms with Crippen LogP contribution in [0, 0.1) is 0 Å². The summed E-state index contributed by atoms with van der Waals surface area (Å²) in [7, 11) is 0. The summed E-state index contributed by atoms with van der Waals surface area (Å²) in [5, 5.41) is 3.07. The molecule has 0 saturated carbocycles. The van der Waals surface area contributed by atoms with Gasteiger partial charge in [-0.2, -0.15) is 0 Å². The Bertz CT molecular complexity index is 545. The Morgan fingerprint density at radius 1 is 1.40 bits per heavy atom. The van der Waals surface area contributed by atoms with Crippen LogP contribution in [0.3, 0.4) is 0 Å². The highest BCUT2D eigenvalue weighted by molar-refractivity contribution is 5.77. The van der Waals surface area contributed by atoms with E-state index in [1.807, 2.05) is 23.2 Å². The molecule has 0 unspecified atom stereocenters. The van der Waals surface area contributed by atoms with Gasteiger partial charge in [0.15, 0.2) is 5.96 Å². The Balaban J connectivity index is 1.95. The molecule has 0 amide bonds. The molecule has 0 bridgehead atoms. The van der Waals surface area contributed by atoms with Crippen molar-refractivity contribution in [3.63, 3.8) is 0 Å². The van der Waals surface area contributed by atoms with Crippen LogP contribution in [0.1, 0.15) is 24.5 Å². The fourth-order valence-corrected chi connectivity index (χ4v) is 1.90. The predicted molar refractivity (Wildman–Crippen MR) is 81.4 cm³/mol. The second kappa shape index (κ2) is 7.33. The Labute approximate surface area is 119 Å². The van der Waals surface area contributed by atoms with Crippen molar-refractivity contribution in [2.45, 2.75) is 26.4 Å². The lowest BCUT2D eigenvalue weighted by atomic mass is 10.1. The van der Waals surface area contributed by atoms with Crippen LogP contribution < -0.4 is 11.1 Å². The highest BCUT2D eigenvalue weighted by Crippen LogP contribution is 2.08. The molecule has 0 fully saturated rings. The summed E-state index contributed by atoms with van der Waals surface area (Å²) in [5.41, 5.74) is 8.17. The number of aromatic nitrogens is 2. The minimum Gasteiger partial charge on any atom is -0.370 e. The third kappa shape index (κ3) is 4.42. The molecule has 5 nitrogen and oxygen atoms in total. The number of nitrogens with one attached hydrogen (secondary N) is 1. The normalized spacial score (nSPS) is 11.6. The minimum absolute atomic E-state index is 0.506. The first-order valence-corrected chi connectivity index (χ1v) is 6.85. The van der Waals surface area contributed by atoms with Crippen LogP contribution in [0.4, 0.5) is 0 Å². The third-order valence-corrected chi connectivity index (χ3v) is 2.90. The summed E-state index contributed by atoms with van der Waals surface area (Å²) in [6.45, 7) is 4.37. The fourth-order valence-electron chi connectivity index (χ4n) is 1.90. The van der Waals surface area contributed by atoms with Crippen LogP contribution in [0.25, 0.3) is 0 Å². The number of benzene rings is 1. The van der Waals surface area contributed by atoms with Crippen LogP contribution in [0.5, 0.6) is 0 Å². The number of imidazole rings is 1. The van der Waals surface area contributed by atoms with Gasteiger partial charge in [-0.05, 0) is 17.5 Å². The summed E-state index contributed by atoms with van der Waals surface area (Å²) < 4.78 is 2.04. The van der Waals surface area contributed by atoms with Crippen LogP contribution >= 0.6 is 0 Å². The number of nitrogens with two attached hydrogens (primary N) is 1. The van der Waals surface area contributed by atoms with E-state index in [0.717, 1.165) is 25.1 Å². The average molecular weight is 271 g/mol. The molecule has 0 aliphatic carbocycles. The fraction of sp³-hybridized carbons (Fsp3) is 0.333. The Kier molecular flexibility index (Phi) is 5.17. The van der Waals surface area contributed by atoms with Crippen molar-refractivity contribution in [1.82, 2.24) is 14.9 Å². The van der Waals surface area contributed by atoms with E-state index in [2.05, 4.69) is 40.4 Å². The highest BCUT2D eigenvalue weighted by atomic mass is 15.1. The highest BCUT2D eigenvalue weighted by Gasteiger charge is 1.98. The molecule has 0 aliphatic heterocycles. The van der Waals surface area contributed by atoms with Crippen molar-refractivity contribution in [3.8, 4) is 0 Å². The zero-order valence-corrected chi connectivity index (χ0v) is 11.8. The van der Waals surface area contributed by atoms with Crippen molar-refractivity contribution in [1.29, 1.82) is 0 Å². The summed E-state index contributed by atoms with van der Waals surface area (Å²) in [5.74, 6) is 0.506. The summed E-state index contributed by atoms with van der Waals surface area (Å²) in [6.07, 6.45) is 6.60. The standard InChI is InChI=1S/C15H21N5/c1-2-6-18-15(16)19-10-13-4-3-5-14(9-13)11-20-8-7-17-12-20/h3-5,7-9,12H,2,6,10-11H2,1H3,(H3,16,18,19). The van der Waals surface area contributed by atoms with Crippen molar-refractivity contribution < 1.29 is 0 Å². The molecule has 0 atom stereocenters. The van der Waals surface area contributed by atoms with E-state index >= 15 is 0 Å². The van der Waals surface area contributed by atoms with Crippen LogP contribution in [-0.2, 0) is 13.1 Å². The lowest BCUT2D eigenvalue weighted by Gasteiger charge is -2.06. The Morgan fingerprint density at radius 2 is 2.25 bits per heavy atom. The van der Waals surface area contributed by atoms with Crippen molar-refractivity contribution in [2.24, 2.45) is 10.7 Å². The molecular formula is C15H21N5. The van der Waals surface area contributed by atoms with E-state index in [1.165, 1.54) is 5.56 Å². The summed E-state index contributed by atoms with van der Waals surface area (Å²) in [6, 6.07) is 8.36. The molecule has 0 saturated heterocycles. The maximum atomic E-state index is 5.78. The number of hydrogen-bond donors (Lipinski definition) is 2. The van der Waals surface area contributed by atoms with Crippen LogP contribution in [-0.4, -0.2) is 22.1 Å². The van der Waals surface area contributed by atoms with Crippen molar-refractivity contribution in [2.75, 3.05) is 6.54 Å². The second-order valence-electron chi connectivity index (χ2n) is 4.68. The van der Waals surface area contributed by atoms with Crippen LogP contribution in [0.15, 0.2) is 48.0 Å². The van der Waals surface area contributed by atoms with Gasteiger partial charge in [-0.3, -0.25) is 0 Å². The maximum absolute atomic E-state index is 5.78. The molecule has 1 aromatic carbocycles. The van der Waals surface area contributed by atoms with E-state index in [4.69, 9.17) is 5.73 Å². The van der Waals surface area contributed by atoms with Gasteiger partial charge in [0.2, 0.25) is 0 Å². The quantitative estimate of drug-likeness (QED) is 0.621. The maximum Gasteiger partial charge on any atom is 0.188 e. The zero-order valence-electron chi connectivity index (χ0n) is 11.8. The van der Waals surface area contributed by atoms with Crippen molar-refractivity contribution >= 4 is 5.96 Å². The summed E-state index contributed by atoms with van der Waals surface area (Å²) in [4.78, 5) is 8.38. The van der Waals surface area contributed by atoms with Gasteiger partial charge in [0.1, 0.15) is 0 Å². The minimum atomic E-state index is 0.506. The van der Waals surface area contributed by atoms with E-state index in [0.29, 0.717) is 12.5 Å². The average Bonchev–Trinajstić information content (AvgIpc) is 2.96. The van der Waals surface area contributed by atoms with E-state index in [1.54, 1.807) is 6.20 Å². The number of rotatable bonds is 6. The first kappa shape index (κ1) is 14.1. The predicted octanol–water partition coefficient (Wildman–Crippen LogP) is 1.75. The molecule has 2 rings (SSSR count). The topological polar surface area (TPSA) is 68.2 Å². The van der Waals surface area contributed by atoms with Gasteiger partial charge in [-0.1, -0.05) is 31.2 Å². The molecule has 1 heterocycles. The molecule has 1 aromatic heterocycles. The van der Waals surface area contributed by atoms with E-state index < -0.39 is 0 Å². The van der Waals surface area contributed by atoms with Gasteiger partial charge in [0.25, 0.3) is 0 Å². The molecule has 0 spiro atoms. The molecule has 0 radical (unpaired) electrons. The van der Waals surface area contributed by atoms with Gasteiger partial charge >= 0.3 is 0 Å². The third-order valence-electron chi connectivity index (χ3n) is 2.90. The largest absolute Gasteiger partial charge is 0.370 e. The number of nitrogens with zero attached hydrogens (tertiary/aromatic N) is 3. The zero-order chi connectivity index (χ0) is 14.2. The first-order chi connectivity index (χ1) is 9.78. The molecule has 2 aromatic rings. The van der Waals surface area contributed by atoms with Gasteiger partial charge in [0, 0.05) is 25.5 Å². The molecular weight excluding hydrogens is 250 g/mol. The van der Waals surface area contributed by atoms with Gasteiger partial charge in [-0.15, -0.1) is 0 Å². The number of guanidine groups is 1. The molecule has 20 heavy (non-hydrogen) atoms. The number of aliphatic imine (C=N–C) groups is 1. The molecule has 3 N–H and O–H groups in total.